The first kappa shape index (κ1) is 35.4. The minimum absolute atomic E-state index is 0.676. The smallest absolute Gasteiger partial charge is 0.317 e. The Hall–Kier alpha value is 1.42. The maximum absolute atomic E-state index is 10.6. The summed E-state index contributed by atoms with van der Waals surface area (Å²) < 4.78 is 28.2. The van der Waals surface area contributed by atoms with Gasteiger partial charge in [-0.3, -0.25) is 0 Å². The van der Waals surface area contributed by atoms with E-state index in [-0.39, 0.29) is 0 Å². The van der Waals surface area contributed by atoms with Crippen molar-refractivity contribution in [3.63, 3.8) is 0 Å². The van der Waals surface area contributed by atoms with Crippen LogP contribution in [0.15, 0.2) is 0 Å². The van der Waals surface area contributed by atoms with Gasteiger partial charge in [-0.2, -0.15) is 0 Å². The Balaban J connectivity index is 3.48. The summed E-state index contributed by atoms with van der Waals surface area (Å²) in [6, 6.07) is 5.44. The van der Waals surface area contributed by atoms with Gasteiger partial charge in [0.15, 0.2) is 33.3 Å². The van der Waals surface area contributed by atoms with Gasteiger partial charge in [-0.15, -0.1) is 0 Å². The third kappa shape index (κ3) is 14.7. The molecule has 36 heavy (non-hydrogen) atoms. The van der Waals surface area contributed by atoms with Gasteiger partial charge in [-0.05, 0) is 127 Å². The molecule has 0 spiro atoms. The van der Waals surface area contributed by atoms with Crippen LogP contribution in [-0.2, 0) is 16.5 Å². The lowest BCUT2D eigenvalue weighted by Crippen LogP contribution is -2.67. The first-order chi connectivity index (χ1) is 15.7. The van der Waals surface area contributed by atoms with E-state index in [4.69, 9.17) is 16.5 Å². The summed E-state index contributed by atoms with van der Waals surface area (Å²) in [6.07, 6.45) is 0. The Labute approximate surface area is 229 Å². The van der Waals surface area contributed by atoms with E-state index in [1.807, 2.05) is 52.4 Å². The zero-order chi connectivity index (χ0) is 28.5. The standard InChI is InChI=1S/C20H56O8Si8/c1-29(2,21)13-17-33(9)25-34(10,18-14-30(3,4)22)27-36(12,20-16-32(7,8)24)28-35(11,26-33)19-15-31(5,6)23/h21-24H,13-20H2,1-12H3. The summed E-state index contributed by atoms with van der Waals surface area (Å²) in [6.45, 7) is 23.9. The van der Waals surface area contributed by atoms with Crippen molar-refractivity contribution in [2.24, 2.45) is 0 Å². The van der Waals surface area contributed by atoms with Gasteiger partial charge in [0, 0.05) is 0 Å². The summed E-state index contributed by atoms with van der Waals surface area (Å²) in [4.78, 5) is 42.6. The Kier molecular flexibility index (Phi) is 11.9. The lowest BCUT2D eigenvalue weighted by Gasteiger charge is -2.51. The number of hydrogen-bond acceptors (Lipinski definition) is 8. The SMILES string of the molecule is C[Si](C)(O)CC[Si]1(C)O[Si](C)(CC[Si](C)(C)O)O[Si](C)(CC[Si](C)(C)O)O[Si](C)(CC[Si](C)(C)O)O1. The van der Waals surface area contributed by atoms with Crippen molar-refractivity contribution in [2.45, 2.75) is 127 Å². The molecule has 0 radical (unpaired) electrons. The normalized spacial score (nSPS) is 33.3. The zero-order valence-corrected chi connectivity index (χ0v) is 33.1. The van der Waals surface area contributed by atoms with Crippen LogP contribution in [0.2, 0.25) is 127 Å². The minimum Gasteiger partial charge on any atom is -0.432 e. The molecule has 0 aromatic heterocycles. The van der Waals surface area contributed by atoms with Crippen molar-refractivity contribution in [1.29, 1.82) is 0 Å². The van der Waals surface area contributed by atoms with E-state index in [1.165, 1.54) is 0 Å². The first-order valence-corrected chi connectivity index (χ1v) is 36.1. The van der Waals surface area contributed by atoms with Crippen LogP contribution in [-0.4, -0.2) is 86.7 Å². The second-order valence-electron chi connectivity index (χ2n) is 14.2. The van der Waals surface area contributed by atoms with Crippen LogP contribution in [0, 0.1) is 0 Å². The van der Waals surface area contributed by atoms with Crippen molar-refractivity contribution < 1.29 is 35.6 Å². The third-order valence-corrected chi connectivity index (χ3v) is 32.8. The predicted molar refractivity (Wildman–Crippen MR) is 168 cm³/mol. The topological polar surface area (TPSA) is 118 Å². The van der Waals surface area contributed by atoms with Crippen molar-refractivity contribution in [2.75, 3.05) is 0 Å². The Morgan fingerprint density at radius 2 is 0.528 bits per heavy atom. The Bertz CT molecular complexity index is 586. The number of rotatable bonds is 12. The lowest BCUT2D eigenvalue weighted by atomic mass is 10.9. The van der Waals surface area contributed by atoms with E-state index in [9.17, 15) is 19.2 Å². The molecule has 0 aliphatic carbocycles. The molecule has 0 aromatic carbocycles. The second-order valence-corrected chi connectivity index (χ2v) is 45.0. The molecule has 0 atom stereocenters. The molecule has 1 saturated heterocycles. The van der Waals surface area contributed by atoms with Gasteiger partial charge in [-0.25, -0.2) is 0 Å². The molecular weight excluding hydrogens is 593 g/mol. The van der Waals surface area contributed by atoms with Crippen molar-refractivity contribution >= 4 is 67.5 Å². The fourth-order valence-electron chi connectivity index (χ4n) is 4.45. The van der Waals surface area contributed by atoms with E-state index in [1.54, 1.807) is 0 Å². The molecule has 1 aliphatic rings. The van der Waals surface area contributed by atoms with Gasteiger partial charge in [0.1, 0.15) is 0 Å². The average molecular weight is 649 g/mol. The van der Waals surface area contributed by atoms with Crippen molar-refractivity contribution in [3.8, 4) is 0 Å². The molecule has 1 rings (SSSR count). The van der Waals surface area contributed by atoms with Crippen molar-refractivity contribution in [3.05, 3.63) is 0 Å². The molecule has 16 heteroatoms. The van der Waals surface area contributed by atoms with Gasteiger partial charge in [0.25, 0.3) is 0 Å². The van der Waals surface area contributed by atoms with E-state index in [2.05, 4.69) is 26.2 Å². The summed E-state index contributed by atoms with van der Waals surface area (Å²) in [7, 11) is -20.6. The molecule has 0 aromatic rings. The van der Waals surface area contributed by atoms with Gasteiger partial charge in [0.2, 0.25) is 0 Å². The van der Waals surface area contributed by atoms with E-state index < -0.39 is 67.5 Å². The van der Waals surface area contributed by atoms with Gasteiger partial charge in [0.05, 0.1) is 0 Å². The van der Waals surface area contributed by atoms with Crippen LogP contribution in [0.25, 0.3) is 0 Å². The molecule has 1 fully saturated rings. The summed E-state index contributed by atoms with van der Waals surface area (Å²) in [5.41, 5.74) is 0. The Morgan fingerprint density at radius 3 is 0.639 bits per heavy atom. The molecule has 1 aliphatic heterocycles. The van der Waals surface area contributed by atoms with Crippen LogP contribution in [0.5, 0.6) is 0 Å². The molecule has 4 N–H and O–H groups in total. The minimum atomic E-state index is -2.82. The highest BCUT2D eigenvalue weighted by molar-refractivity contribution is 6.95. The highest BCUT2D eigenvalue weighted by atomic mass is 28.5. The summed E-state index contributed by atoms with van der Waals surface area (Å²) in [5.74, 6) is 0. The Morgan fingerprint density at radius 1 is 0.389 bits per heavy atom. The van der Waals surface area contributed by atoms with Gasteiger partial charge >= 0.3 is 34.2 Å². The molecule has 216 valence electrons. The summed E-state index contributed by atoms with van der Waals surface area (Å²) in [5, 5.41) is 0. The second kappa shape index (κ2) is 12.1. The lowest BCUT2D eigenvalue weighted by molar-refractivity contribution is 0.224. The molecule has 0 bridgehead atoms. The highest BCUT2D eigenvalue weighted by Crippen LogP contribution is 2.40. The van der Waals surface area contributed by atoms with E-state index >= 15 is 0 Å². The maximum atomic E-state index is 10.6. The largest absolute Gasteiger partial charge is 0.432 e. The van der Waals surface area contributed by atoms with Gasteiger partial charge in [-0.1, -0.05) is 0 Å². The summed E-state index contributed by atoms with van der Waals surface area (Å²) >= 11 is 0. The van der Waals surface area contributed by atoms with Crippen LogP contribution in [0.4, 0.5) is 0 Å². The van der Waals surface area contributed by atoms with Crippen LogP contribution < -0.4 is 0 Å². The predicted octanol–water partition coefficient (Wildman–Crippen LogP) is 5.14. The maximum Gasteiger partial charge on any atom is 0.317 e. The fraction of sp³-hybridized carbons (Fsp3) is 1.00. The molecule has 1 heterocycles. The third-order valence-electron chi connectivity index (χ3n) is 6.49. The zero-order valence-electron chi connectivity index (χ0n) is 25.1. The van der Waals surface area contributed by atoms with Crippen molar-refractivity contribution in [1.82, 2.24) is 0 Å². The fourth-order valence-corrected chi connectivity index (χ4v) is 41.6. The highest BCUT2D eigenvalue weighted by Gasteiger charge is 2.57. The molecule has 8 nitrogen and oxygen atoms in total. The van der Waals surface area contributed by atoms with Crippen LogP contribution in [0.3, 0.4) is 0 Å². The number of hydrogen-bond donors (Lipinski definition) is 4. The molecule has 0 amide bonds. The molecular formula is C20H56O8Si8. The van der Waals surface area contributed by atoms with Gasteiger partial charge < -0.3 is 35.6 Å². The molecule has 0 unspecified atom stereocenters. The quantitative estimate of drug-likeness (QED) is 0.215. The van der Waals surface area contributed by atoms with E-state index in [0.717, 1.165) is 0 Å². The van der Waals surface area contributed by atoms with E-state index in [0.29, 0.717) is 48.4 Å². The van der Waals surface area contributed by atoms with Crippen LogP contribution in [0.1, 0.15) is 0 Å². The average Bonchev–Trinajstić information content (AvgIpc) is 2.59. The molecule has 0 saturated carbocycles. The van der Waals surface area contributed by atoms with Crippen LogP contribution >= 0.6 is 0 Å². The monoisotopic (exact) mass is 648 g/mol. The first-order valence-electron chi connectivity index (χ1n) is 13.4.